The van der Waals surface area contributed by atoms with Crippen LogP contribution in [0.5, 0.6) is 0 Å². The Morgan fingerprint density at radius 1 is 1.22 bits per heavy atom. The molecule has 0 spiro atoms. The second kappa shape index (κ2) is 9.42. The number of alkyl halides is 3. The number of hydrogen-bond acceptors (Lipinski definition) is 3. The number of rotatable bonds is 8. The largest absolute Gasteiger partial charge is 0.459 e. The summed E-state index contributed by atoms with van der Waals surface area (Å²) in [6, 6.07) is 6.90. The average molecular weight is 453 g/mol. The summed E-state index contributed by atoms with van der Waals surface area (Å²) in [7, 11) is 0.880. The number of carbonyl (C=O) groups excluding carboxylic acids is 1. The van der Waals surface area contributed by atoms with Crippen molar-refractivity contribution in [2.24, 2.45) is 16.7 Å². The van der Waals surface area contributed by atoms with Gasteiger partial charge in [0, 0.05) is 18.1 Å². The minimum absolute atomic E-state index is 0.0137. The molecule has 1 aromatic carbocycles. The Kier molecular flexibility index (Phi) is 7.71. The summed E-state index contributed by atoms with van der Waals surface area (Å²) in [6.45, 7) is 12.0. The summed E-state index contributed by atoms with van der Waals surface area (Å²) < 4.78 is 53.0. The van der Waals surface area contributed by atoms with Crippen LogP contribution in [0.3, 0.4) is 0 Å². The summed E-state index contributed by atoms with van der Waals surface area (Å²) in [5.74, 6) is -1.17. The van der Waals surface area contributed by atoms with Gasteiger partial charge in [0.25, 0.3) is 5.60 Å². The molecule has 0 N–H and O–H groups in total. The maximum Gasteiger partial charge on any atom is 0.432 e. The Morgan fingerprint density at radius 2 is 1.81 bits per heavy atom. The second-order valence-corrected chi connectivity index (χ2v) is 9.68. The van der Waals surface area contributed by atoms with E-state index < -0.39 is 29.3 Å². The van der Waals surface area contributed by atoms with Crippen LogP contribution in [0.2, 0.25) is 0 Å². The molecule has 0 fully saturated rings. The maximum absolute atomic E-state index is 14.2. The van der Waals surface area contributed by atoms with Gasteiger partial charge in [-0.1, -0.05) is 88.8 Å². The Balaban J connectivity index is 2.32. The SMILES string of the molecule is CC[C@H](OC(=O)[C@@](OC)(c1ccccc1)C(F)(F)F)C(C)(C)/C=C/[C@@H]1CC=C(C)C1(C)C. The first-order valence-electron chi connectivity index (χ1n) is 11.0. The molecular weight excluding hydrogens is 417 g/mol. The zero-order valence-electron chi connectivity index (χ0n) is 20.0. The Bertz CT molecular complexity index is 853. The molecule has 0 saturated carbocycles. The zero-order chi connectivity index (χ0) is 24.4. The van der Waals surface area contributed by atoms with Crippen LogP contribution in [0.15, 0.2) is 54.1 Å². The van der Waals surface area contributed by atoms with Gasteiger partial charge in [-0.15, -0.1) is 0 Å². The molecule has 3 nitrogen and oxygen atoms in total. The molecule has 0 radical (unpaired) electrons. The number of ether oxygens (including phenoxy) is 2. The van der Waals surface area contributed by atoms with Crippen molar-refractivity contribution in [1.82, 2.24) is 0 Å². The van der Waals surface area contributed by atoms with Gasteiger partial charge in [0.1, 0.15) is 6.10 Å². The third kappa shape index (κ3) is 4.80. The summed E-state index contributed by atoms with van der Waals surface area (Å²) in [4.78, 5) is 13.1. The van der Waals surface area contributed by atoms with E-state index in [-0.39, 0.29) is 16.9 Å². The molecule has 0 amide bonds. The molecule has 178 valence electrons. The smallest absolute Gasteiger partial charge is 0.432 e. The standard InChI is InChI=1S/C26H35F3O3/c1-8-21(23(3,4)17-16-19-15-14-18(2)24(19,5)6)32-22(30)25(31-7,26(27,28)29)20-12-10-9-11-13-20/h9-14,16-17,19,21H,8,15H2,1-7H3/b17-16+/t19-,21-,25-/m0/s1. The van der Waals surface area contributed by atoms with Crippen LogP contribution < -0.4 is 0 Å². The average Bonchev–Trinajstić information content (AvgIpc) is 2.97. The number of carbonyl (C=O) groups is 1. The Hall–Kier alpha value is -2.08. The fourth-order valence-electron chi connectivity index (χ4n) is 4.30. The Labute approximate surface area is 189 Å². The molecule has 0 aliphatic heterocycles. The van der Waals surface area contributed by atoms with Gasteiger partial charge in [-0.05, 0) is 31.1 Å². The molecule has 1 aliphatic rings. The number of methoxy groups -OCH3 is 1. The van der Waals surface area contributed by atoms with Crippen LogP contribution >= 0.6 is 0 Å². The molecular formula is C26H35F3O3. The highest BCUT2D eigenvalue weighted by molar-refractivity contribution is 5.83. The van der Waals surface area contributed by atoms with Crippen LogP contribution in [-0.2, 0) is 19.9 Å². The number of halogens is 3. The third-order valence-corrected chi connectivity index (χ3v) is 7.00. The van der Waals surface area contributed by atoms with Crippen LogP contribution in [0.25, 0.3) is 0 Å². The molecule has 0 saturated heterocycles. The van der Waals surface area contributed by atoms with Gasteiger partial charge in [-0.25, -0.2) is 4.79 Å². The number of esters is 1. The fraction of sp³-hybridized carbons (Fsp3) is 0.577. The van der Waals surface area contributed by atoms with Crippen LogP contribution in [0.4, 0.5) is 13.2 Å². The van der Waals surface area contributed by atoms with Gasteiger partial charge in [0.05, 0.1) is 0 Å². The highest BCUT2D eigenvalue weighted by Gasteiger charge is 2.64. The summed E-state index contributed by atoms with van der Waals surface area (Å²) in [5.41, 5.74) is -2.83. The van der Waals surface area contributed by atoms with E-state index in [4.69, 9.17) is 9.47 Å². The lowest BCUT2D eigenvalue weighted by molar-refractivity contribution is -0.279. The quantitative estimate of drug-likeness (QED) is 0.315. The summed E-state index contributed by atoms with van der Waals surface area (Å²) in [6.07, 6.45) is 1.82. The van der Waals surface area contributed by atoms with Crippen molar-refractivity contribution in [3.63, 3.8) is 0 Å². The highest BCUT2D eigenvalue weighted by atomic mass is 19.4. The molecule has 0 aromatic heterocycles. The van der Waals surface area contributed by atoms with Gasteiger partial charge in [-0.3, -0.25) is 0 Å². The van der Waals surface area contributed by atoms with E-state index in [1.807, 2.05) is 19.9 Å². The number of allylic oxidation sites excluding steroid dienone is 3. The molecule has 1 aliphatic carbocycles. The van der Waals surface area contributed by atoms with Crippen LogP contribution in [0.1, 0.15) is 59.9 Å². The molecule has 2 rings (SSSR count). The first-order chi connectivity index (χ1) is 14.7. The molecule has 0 bridgehead atoms. The predicted molar refractivity (Wildman–Crippen MR) is 120 cm³/mol. The van der Waals surface area contributed by atoms with E-state index in [0.717, 1.165) is 13.5 Å². The number of hydrogen-bond donors (Lipinski definition) is 0. The molecule has 32 heavy (non-hydrogen) atoms. The maximum atomic E-state index is 14.2. The first-order valence-corrected chi connectivity index (χ1v) is 11.0. The van der Waals surface area contributed by atoms with Crippen molar-refractivity contribution in [2.75, 3.05) is 7.11 Å². The van der Waals surface area contributed by atoms with Crippen molar-refractivity contribution in [1.29, 1.82) is 0 Å². The highest BCUT2D eigenvalue weighted by Crippen LogP contribution is 2.46. The molecule has 6 heteroatoms. The topological polar surface area (TPSA) is 35.5 Å². The zero-order valence-corrected chi connectivity index (χ0v) is 20.0. The summed E-state index contributed by atoms with van der Waals surface area (Å²) >= 11 is 0. The van der Waals surface area contributed by atoms with Crippen molar-refractivity contribution in [3.8, 4) is 0 Å². The van der Waals surface area contributed by atoms with Crippen molar-refractivity contribution in [2.45, 2.75) is 72.3 Å². The Morgan fingerprint density at radius 3 is 2.25 bits per heavy atom. The van der Waals surface area contributed by atoms with Gasteiger partial charge in [0.2, 0.25) is 0 Å². The lowest BCUT2D eigenvalue weighted by Gasteiger charge is -2.37. The van der Waals surface area contributed by atoms with Crippen LogP contribution in [0, 0.1) is 16.7 Å². The van der Waals surface area contributed by atoms with E-state index in [1.54, 1.807) is 13.0 Å². The van der Waals surface area contributed by atoms with E-state index >= 15 is 0 Å². The number of benzene rings is 1. The lowest BCUT2D eigenvalue weighted by Crippen LogP contribution is -2.53. The van der Waals surface area contributed by atoms with Gasteiger partial charge in [0.15, 0.2) is 0 Å². The van der Waals surface area contributed by atoms with Gasteiger partial charge < -0.3 is 9.47 Å². The van der Waals surface area contributed by atoms with Crippen molar-refractivity contribution >= 4 is 5.97 Å². The monoisotopic (exact) mass is 452 g/mol. The van der Waals surface area contributed by atoms with Crippen molar-refractivity contribution < 1.29 is 27.4 Å². The third-order valence-electron chi connectivity index (χ3n) is 7.00. The van der Waals surface area contributed by atoms with Gasteiger partial charge in [-0.2, -0.15) is 13.2 Å². The summed E-state index contributed by atoms with van der Waals surface area (Å²) in [5, 5.41) is 0. The van der Waals surface area contributed by atoms with E-state index in [0.29, 0.717) is 6.42 Å². The molecule has 1 aromatic rings. The predicted octanol–water partition coefficient (Wildman–Crippen LogP) is 6.99. The van der Waals surface area contributed by atoms with Gasteiger partial charge >= 0.3 is 12.1 Å². The minimum Gasteiger partial charge on any atom is -0.459 e. The minimum atomic E-state index is -4.99. The van der Waals surface area contributed by atoms with Crippen LogP contribution in [-0.4, -0.2) is 25.4 Å². The molecule has 0 unspecified atom stereocenters. The first kappa shape index (κ1) is 26.2. The molecule has 3 atom stereocenters. The van der Waals surface area contributed by atoms with E-state index in [2.05, 4.69) is 32.9 Å². The lowest BCUT2D eigenvalue weighted by atomic mass is 9.75. The van der Waals surface area contributed by atoms with E-state index in [9.17, 15) is 18.0 Å². The molecule has 0 heterocycles. The fourth-order valence-corrected chi connectivity index (χ4v) is 4.30. The van der Waals surface area contributed by atoms with E-state index in [1.165, 1.54) is 29.8 Å². The van der Waals surface area contributed by atoms with Crippen molar-refractivity contribution in [3.05, 3.63) is 59.7 Å². The second-order valence-electron chi connectivity index (χ2n) is 9.68. The normalized spacial score (nSPS) is 21.8.